The third-order valence-electron chi connectivity index (χ3n) is 3.86. The quantitative estimate of drug-likeness (QED) is 0.930. The maximum Gasteiger partial charge on any atom is 0.0875 e. The first-order chi connectivity index (χ1) is 9.07. The van der Waals surface area contributed by atoms with E-state index in [0.29, 0.717) is 29.7 Å². The first kappa shape index (κ1) is 15.1. The molecule has 0 aliphatic carbocycles. The summed E-state index contributed by atoms with van der Waals surface area (Å²) in [5.74, 6) is 0. The van der Waals surface area contributed by atoms with Gasteiger partial charge in [-0.1, -0.05) is 29.3 Å². The van der Waals surface area contributed by atoms with Gasteiger partial charge in [-0.15, -0.1) is 0 Å². The molecule has 1 fully saturated rings. The van der Waals surface area contributed by atoms with E-state index in [2.05, 4.69) is 0 Å². The third-order valence-corrected chi connectivity index (χ3v) is 4.60. The second kappa shape index (κ2) is 6.42. The average molecular weight is 304 g/mol. The van der Waals surface area contributed by atoms with Crippen molar-refractivity contribution in [3.05, 3.63) is 33.8 Å². The van der Waals surface area contributed by atoms with Crippen LogP contribution in [-0.4, -0.2) is 32.0 Å². The zero-order valence-corrected chi connectivity index (χ0v) is 12.5. The molecule has 0 spiro atoms. The second-order valence-corrected chi connectivity index (χ2v) is 5.75. The van der Waals surface area contributed by atoms with Gasteiger partial charge in [-0.2, -0.15) is 0 Å². The zero-order chi connectivity index (χ0) is 13.9. The molecule has 1 unspecified atom stereocenters. The molecule has 1 aromatic carbocycles. The second-order valence-electron chi connectivity index (χ2n) is 4.94. The van der Waals surface area contributed by atoms with Crippen LogP contribution in [0, 0.1) is 0 Å². The average Bonchev–Trinajstić information content (AvgIpc) is 2.43. The fraction of sp³-hybridized carbons (Fsp3) is 0.571. The molecule has 1 atom stereocenters. The van der Waals surface area contributed by atoms with E-state index in [1.807, 2.05) is 12.1 Å². The third kappa shape index (κ3) is 3.41. The summed E-state index contributed by atoms with van der Waals surface area (Å²) in [6.07, 6.45) is 2.36. The molecule has 1 aliphatic rings. The zero-order valence-electron chi connectivity index (χ0n) is 11.0. The predicted molar refractivity (Wildman–Crippen MR) is 77.9 cm³/mol. The maximum atomic E-state index is 6.36. The Morgan fingerprint density at radius 3 is 2.58 bits per heavy atom. The Bertz CT molecular complexity index is 433. The minimum Gasteiger partial charge on any atom is -0.381 e. The summed E-state index contributed by atoms with van der Waals surface area (Å²) in [5.41, 5.74) is 7.13. The van der Waals surface area contributed by atoms with E-state index in [1.165, 1.54) is 0 Å². The van der Waals surface area contributed by atoms with E-state index in [0.717, 1.165) is 18.4 Å². The van der Waals surface area contributed by atoms with Gasteiger partial charge in [-0.05, 0) is 24.1 Å². The first-order valence-corrected chi connectivity index (χ1v) is 7.15. The lowest BCUT2D eigenvalue weighted by Crippen LogP contribution is -2.53. The highest BCUT2D eigenvalue weighted by molar-refractivity contribution is 6.42. The molecular formula is C14H19Cl2NO2. The minimum atomic E-state index is -0.301. The molecular weight excluding hydrogens is 285 g/mol. The van der Waals surface area contributed by atoms with Crippen LogP contribution in [0.5, 0.6) is 0 Å². The predicted octanol–water partition coefficient (Wildman–Crippen LogP) is 3.06. The van der Waals surface area contributed by atoms with E-state index in [4.69, 9.17) is 38.4 Å². The van der Waals surface area contributed by atoms with Gasteiger partial charge < -0.3 is 15.2 Å². The van der Waals surface area contributed by atoms with Crippen molar-refractivity contribution in [1.82, 2.24) is 0 Å². The molecule has 5 heteroatoms. The maximum absolute atomic E-state index is 6.36. The lowest BCUT2D eigenvalue weighted by molar-refractivity contribution is -0.103. The number of rotatable bonds is 4. The Kier molecular flexibility index (Phi) is 5.09. The van der Waals surface area contributed by atoms with Gasteiger partial charge >= 0.3 is 0 Å². The monoisotopic (exact) mass is 303 g/mol. The van der Waals surface area contributed by atoms with Crippen LogP contribution in [0.2, 0.25) is 10.0 Å². The molecule has 2 N–H and O–H groups in total. The molecule has 19 heavy (non-hydrogen) atoms. The van der Waals surface area contributed by atoms with Gasteiger partial charge in [0.05, 0.1) is 15.6 Å². The van der Waals surface area contributed by atoms with E-state index < -0.39 is 0 Å². The Hall–Kier alpha value is -0.320. The lowest BCUT2D eigenvalue weighted by atomic mass is 9.83. The topological polar surface area (TPSA) is 44.5 Å². The van der Waals surface area contributed by atoms with Gasteiger partial charge in [0, 0.05) is 39.2 Å². The van der Waals surface area contributed by atoms with Crippen molar-refractivity contribution in [2.24, 2.45) is 5.73 Å². The molecule has 1 aromatic rings. The summed E-state index contributed by atoms with van der Waals surface area (Å²) in [4.78, 5) is 0. The van der Waals surface area contributed by atoms with Crippen LogP contribution in [-0.2, 0) is 15.9 Å². The van der Waals surface area contributed by atoms with E-state index in [1.54, 1.807) is 13.2 Å². The molecule has 2 rings (SSSR count). The van der Waals surface area contributed by atoms with Crippen molar-refractivity contribution >= 4 is 23.2 Å². The largest absolute Gasteiger partial charge is 0.381 e. The van der Waals surface area contributed by atoms with Crippen LogP contribution < -0.4 is 5.73 Å². The highest BCUT2D eigenvalue weighted by Crippen LogP contribution is 2.30. The summed E-state index contributed by atoms with van der Waals surface area (Å²) in [6.45, 7) is 1.39. The first-order valence-electron chi connectivity index (χ1n) is 6.40. The lowest BCUT2D eigenvalue weighted by Gasteiger charge is -2.40. The van der Waals surface area contributed by atoms with Crippen molar-refractivity contribution < 1.29 is 9.47 Å². The highest BCUT2D eigenvalue weighted by Gasteiger charge is 2.38. The number of hydrogen-bond donors (Lipinski definition) is 1. The van der Waals surface area contributed by atoms with Gasteiger partial charge in [0.1, 0.15) is 0 Å². The molecule has 106 valence electrons. The molecule has 1 aliphatic heterocycles. The Morgan fingerprint density at radius 2 is 2.00 bits per heavy atom. The van der Waals surface area contributed by atoms with Crippen molar-refractivity contribution in [1.29, 1.82) is 0 Å². The number of halogens is 2. The number of methoxy groups -OCH3 is 1. The van der Waals surface area contributed by atoms with Crippen molar-refractivity contribution in [2.45, 2.75) is 30.9 Å². The number of nitrogens with two attached hydrogens (primary N) is 1. The van der Waals surface area contributed by atoms with Crippen LogP contribution in [0.15, 0.2) is 18.2 Å². The van der Waals surface area contributed by atoms with Crippen LogP contribution >= 0.6 is 23.2 Å². The van der Waals surface area contributed by atoms with Gasteiger partial charge in [-0.25, -0.2) is 0 Å². The number of ether oxygens (including phenoxy) is 2. The van der Waals surface area contributed by atoms with Crippen LogP contribution in [0.1, 0.15) is 18.4 Å². The SMILES string of the molecule is COC1(C(N)Cc2ccc(Cl)c(Cl)c2)CCOCC1. The summed E-state index contributed by atoms with van der Waals surface area (Å²) >= 11 is 11.9. The molecule has 0 radical (unpaired) electrons. The van der Waals surface area contributed by atoms with E-state index in [9.17, 15) is 0 Å². The van der Waals surface area contributed by atoms with Crippen molar-refractivity contribution in [3.63, 3.8) is 0 Å². The number of hydrogen-bond acceptors (Lipinski definition) is 3. The number of benzene rings is 1. The van der Waals surface area contributed by atoms with Gasteiger partial charge in [-0.3, -0.25) is 0 Å². The Labute approximate surface area is 124 Å². The van der Waals surface area contributed by atoms with Crippen LogP contribution in [0.3, 0.4) is 0 Å². The standard InChI is InChI=1S/C14H19Cl2NO2/c1-18-14(4-6-19-7-5-14)13(17)9-10-2-3-11(15)12(16)8-10/h2-3,8,13H,4-7,9,17H2,1H3. The summed E-state index contributed by atoms with van der Waals surface area (Å²) in [6, 6.07) is 5.54. The van der Waals surface area contributed by atoms with Gasteiger partial charge in [0.25, 0.3) is 0 Å². The summed E-state index contributed by atoms with van der Waals surface area (Å²) < 4.78 is 11.1. The molecule has 0 aromatic heterocycles. The van der Waals surface area contributed by atoms with E-state index in [-0.39, 0.29) is 11.6 Å². The Balaban J connectivity index is 2.10. The molecule has 1 heterocycles. The molecule has 3 nitrogen and oxygen atoms in total. The summed E-state index contributed by atoms with van der Waals surface area (Å²) in [7, 11) is 1.72. The summed E-state index contributed by atoms with van der Waals surface area (Å²) in [5, 5.41) is 1.12. The molecule has 0 saturated carbocycles. The van der Waals surface area contributed by atoms with Gasteiger partial charge in [0.15, 0.2) is 0 Å². The van der Waals surface area contributed by atoms with Gasteiger partial charge in [0.2, 0.25) is 0 Å². The van der Waals surface area contributed by atoms with Crippen molar-refractivity contribution in [3.8, 4) is 0 Å². The Morgan fingerprint density at radius 1 is 1.32 bits per heavy atom. The molecule has 1 saturated heterocycles. The molecule has 0 amide bonds. The van der Waals surface area contributed by atoms with Crippen LogP contribution in [0.4, 0.5) is 0 Å². The minimum absolute atomic E-state index is 0.0846. The smallest absolute Gasteiger partial charge is 0.0875 e. The van der Waals surface area contributed by atoms with Crippen molar-refractivity contribution in [2.75, 3.05) is 20.3 Å². The molecule has 0 bridgehead atoms. The fourth-order valence-corrected chi connectivity index (χ4v) is 2.87. The normalized spacial score (nSPS) is 20.2. The van der Waals surface area contributed by atoms with E-state index >= 15 is 0 Å². The van der Waals surface area contributed by atoms with Crippen LogP contribution in [0.25, 0.3) is 0 Å². The fourth-order valence-electron chi connectivity index (χ4n) is 2.55. The highest BCUT2D eigenvalue weighted by atomic mass is 35.5.